The fourth-order valence-corrected chi connectivity index (χ4v) is 7.50. The molecule has 6 rings (SSSR count). The Labute approximate surface area is 232 Å². The number of hydrogen-bond acceptors (Lipinski definition) is 4. The molecule has 0 bridgehead atoms. The Morgan fingerprint density at radius 2 is 1.82 bits per heavy atom. The lowest BCUT2D eigenvalue weighted by molar-refractivity contribution is 0.0697. The molecule has 3 aliphatic rings. The van der Waals surface area contributed by atoms with Crippen LogP contribution in [0.4, 0.5) is 5.69 Å². The van der Waals surface area contributed by atoms with Gasteiger partial charge in [-0.2, -0.15) is 0 Å². The predicted molar refractivity (Wildman–Crippen MR) is 158 cm³/mol. The Hall–Kier alpha value is -2.83. The van der Waals surface area contributed by atoms with E-state index in [9.17, 15) is 9.90 Å². The van der Waals surface area contributed by atoms with E-state index in [0.29, 0.717) is 17.4 Å². The molecule has 3 aromatic rings. The first kappa shape index (κ1) is 26.4. The average Bonchev–Trinajstić information content (AvgIpc) is 3.18. The van der Waals surface area contributed by atoms with Crippen molar-refractivity contribution in [1.29, 1.82) is 0 Å². The lowest BCUT2D eigenvalue weighted by Gasteiger charge is -2.34. The summed E-state index contributed by atoms with van der Waals surface area (Å²) in [5.74, 6) is 0.308. The predicted octanol–water partition coefficient (Wildman–Crippen LogP) is 6.54. The number of carboxylic acids is 1. The van der Waals surface area contributed by atoms with Crippen LogP contribution >= 0.6 is 0 Å². The Bertz CT molecular complexity index is 1340. The van der Waals surface area contributed by atoms with Gasteiger partial charge in [0.15, 0.2) is 0 Å². The van der Waals surface area contributed by atoms with Crippen molar-refractivity contribution in [2.45, 2.75) is 64.3 Å². The monoisotopic (exact) mass is 529 g/mol. The molecule has 2 aliphatic heterocycles. The molecule has 6 heteroatoms. The van der Waals surface area contributed by atoms with E-state index in [1.165, 1.54) is 84.9 Å². The minimum absolute atomic E-state index is 0.374. The lowest BCUT2D eigenvalue weighted by atomic mass is 9.81. The van der Waals surface area contributed by atoms with Crippen molar-refractivity contribution >= 4 is 22.6 Å². The minimum Gasteiger partial charge on any atom is -0.478 e. The van der Waals surface area contributed by atoms with Crippen molar-refractivity contribution in [3.05, 3.63) is 53.1 Å². The molecule has 3 heterocycles. The summed E-state index contributed by atoms with van der Waals surface area (Å²) in [6.45, 7) is 9.18. The standard InChI is InChI=1S/C33H43N3O3/c1-23-10-12-28-29(19-23)35(16-15-34-14-6-7-24(21-34)22-39-2)17-18-36-30-20-26(33(37)38)11-13-27(30)31(32(28)36)25-8-4-3-5-9-25/h10-13,19-20,24-25H,3-9,14-18,21-22H2,1-2H3,(H,37,38)/t24-/m0/s1. The van der Waals surface area contributed by atoms with Crippen molar-refractivity contribution in [2.75, 3.05) is 51.3 Å². The molecule has 6 nitrogen and oxygen atoms in total. The highest BCUT2D eigenvalue weighted by molar-refractivity contribution is 5.99. The number of methoxy groups -OCH3 is 1. The van der Waals surface area contributed by atoms with Crippen molar-refractivity contribution in [2.24, 2.45) is 5.92 Å². The van der Waals surface area contributed by atoms with Gasteiger partial charge in [-0.1, -0.05) is 37.5 Å². The fraction of sp³-hybridized carbons (Fsp3) is 0.545. The number of carboxylic acid groups (broad SMARTS) is 1. The zero-order valence-electron chi connectivity index (χ0n) is 23.6. The molecule has 39 heavy (non-hydrogen) atoms. The maximum absolute atomic E-state index is 11.9. The zero-order chi connectivity index (χ0) is 26.9. The van der Waals surface area contributed by atoms with Gasteiger partial charge in [-0.15, -0.1) is 0 Å². The molecule has 0 spiro atoms. The molecule has 0 unspecified atom stereocenters. The van der Waals surface area contributed by atoms with E-state index in [-0.39, 0.29) is 0 Å². The van der Waals surface area contributed by atoms with Crippen LogP contribution in [0.2, 0.25) is 0 Å². The van der Waals surface area contributed by atoms with Crippen LogP contribution in [0.15, 0.2) is 36.4 Å². The number of hydrogen-bond donors (Lipinski definition) is 1. The zero-order valence-corrected chi connectivity index (χ0v) is 23.6. The van der Waals surface area contributed by atoms with Crippen molar-refractivity contribution in [1.82, 2.24) is 9.47 Å². The number of likely N-dealkylation sites (tertiary alicyclic amines) is 1. The summed E-state index contributed by atoms with van der Waals surface area (Å²) in [5.41, 5.74) is 8.16. The quantitative estimate of drug-likeness (QED) is 0.377. The second kappa shape index (κ2) is 11.3. The summed E-state index contributed by atoms with van der Waals surface area (Å²) < 4.78 is 7.92. The second-order valence-electron chi connectivity index (χ2n) is 12.1. The summed E-state index contributed by atoms with van der Waals surface area (Å²) in [4.78, 5) is 17.2. The van der Waals surface area contributed by atoms with Crippen LogP contribution in [0.3, 0.4) is 0 Å². The molecule has 0 radical (unpaired) electrons. The van der Waals surface area contributed by atoms with E-state index < -0.39 is 5.97 Å². The molecule has 2 fully saturated rings. The van der Waals surface area contributed by atoms with Gasteiger partial charge in [0.2, 0.25) is 0 Å². The summed E-state index contributed by atoms with van der Waals surface area (Å²) in [7, 11) is 1.81. The Morgan fingerprint density at radius 1 is 0.974 bits per heavy atom. The maximum atomic E-state index is 11.9. The highest BCUT2D eigenvalue weighted by Crippen LogP contribution is 2.47. The topological polar surface area (TPSA) is 57.9 Å². The molecule has 2 aromatic carbocycles. The first-order chi connectivity index (χ1) is 19.0. The van der Waals surface area contributed by atoms with E-state index in [0.717, 1.165) is 44.8 Å². The Balaban J connectivity index is 1.40. The van der Waals surface area contributed by atoms with Gasteiger partial charge in [-0.05, 0) is 80.3 Å². The molecular weight excluding hydrogens is 486 g/mol. The normalized spacial score (nSPS) is 20.6. The fourth-order valence-electron chi connectivity index (χ4n) is 7.50. The van der Waals surface area contributed by atoms with Crippen LogP contribution in [-0.4, -0.2) is 67.0 Å². The number of fused-ring (bicyclic) bond motifs is 5. The highest BCUT2D eigenvalue weighted by atomic mass is 16.5. The van der Waals surface area contributed by atoms with Gasteiger partial charge in [-0.25, -0.2) is 4.79 Å². The molecule has 1 aromatic heterocycles. The van der Waals surface area contributed by atoms with Crippen molar-refractivity contribution in [3.8, 4) is 11.3 Å². The Morgan fingerprint density at radius 3 is 2.62 bits per heavy atom. The number of rotatable bonds is 7. The first-order valence-electron chi connectivity index (χ1n) is 15.0. The van der Waals surface area contributed by atoms with Gasteiger partial charge < -0.3 is 24.2 Å². The molecule has 208 valence electrons. The van der Waals surface area contributed by atoms with Gasteiger partial charge in [-0.3, -0.25) is 0 Å². The Kier molecular flexibility index (Phi) is 7.68. The number of aromatic carboxylic acids is 1. The van der Waals surface area contributed by atoms with Crippen LogP contribution in [-0.2, 0) is 11.3 Å². The van der Waals surface area contributed by atoms with E-state index in [2.05, 4.69) is 45.6 Å². The van der Waals surface area contributed by atoms with Gasteiger partial charge in [0.1, 0.15) is 0 Å². The summed E-state index contributed by atoms with van der Waals surface area (Å²) in [6.07, 6.45) is 8.82. The molecule has 0 amide bonds. The summed E-state index contributed by atoms with van der Waals surface area (Å²) >= 11 is 0. The number of aromatic nitrogens is 1. The maximum Gasteiger partial charge on any atom is 0.335 e. The van der Waals surface area contributed by atoms with Gasteiger partial charge in [0, 0.05) is 62.0 Å². The molecule has 1 atom stereocenters. The lowest BCUT2D eigenvalue weighted by Crippen LogP contribution is -2.42. The molecule has 1 N–H and O–H groups in total. The van der Waals surface area contributed by atoms with Crippen LogP contribution in [0.5, 0.6) is 0 Å². The number of benzene rings is 2. The highest BCUT2D eigenvalue weighted by Gasteiger charge is 2.31. The summed E-state index contributed by atoms with van der Waals surface area (Å²) in [6, 6.07) is 12.8. The van der Waals surface area contributed by atoms with Crippen LogP contribution in [0.25, 0.3) is 22.2 Å². The van der Waals surface area contributed by atoms with Crippen molar-refractivity contribution < 1.29 is 14.6 Å². The largest absolute Gasteiger partial charge is 0.478 e. The third-order valence-corrected chi connectivity index (χ3v) is 9.40. The smallest absolute Gasteiger partial charge is 0.335 e. The van der Waals surface area contributed by atoms with E-state index in [1.807, 2.05) is 13.2 Å². The third-order valence-electron chi connectivity index (χ3n) is 9.40. The number of aryl methyl sites for hydroxylation is 1. The number of anilines is 1. The van der Waals surface area contributed by atoms with Gasteiger partial charge >= 0.3 is 5.97 Å². The molecule has 1 saturated carbocycles. The number of ether oxygens (including phenoxy) is 1. The first-order valence-corrected chi connectivity index (χ1v) is 15.0. The van der Waals surface area contributed by atoms with E-state index >= 15 is 0 Å². The summed E-state index contributed by atoms with van der Waals surface area (Å²) in [5, 5.41) is 11.1. The number of nitrogens with zero attached hydrogens (tertiary/aromatic N) is 3. The SMILES string of the molecule is COC[C@H]1CCCN(CCN2CCn3c(c(C4CCCCC4)c4ccc(C(=O)O)cc43)-c3ccc(C)cc32)C1. The van der Waals surface area contributed by atoms with Crippen LogP contribution < -0.4 is 4.90 Å². The third kappa shape index (κ3) is 5.21. The average molecular weight is 530 g/mol. The van der Waals surface area contributed by atoms with Crippen LogP contribution in [0.1, 0.15) is 72.3 Å². The number of carbonyl (C=O) groups is 1. The molecular formula is C33H43N3O3. The molecule has 1 aliphatic carbocycles. The van der Waals surface area contributed by atoms with Gasteiger partial charge in [0.05, 0.1) is 17.9 Å². The number of piperidine rings is 1. The van der Waals surface area contributed by atoms with Crippen LogP contribution in [0, 0.1) is 12.8 Å². The van der Waals surface area contributed by atoms with Crippen molar-refractivity contribution in [3.63, 3.8) is 0 Å². The van der Waals surface area contributed by atoms with E-state index in [1.54, 1.807) is 6.07 Å². The van der Waals surface area contributed by atoms with E-state index in [4.69, 9.17) is 4.74 Å². The second-order valence-corrected chi connectivity index (χ2v) is 12.1. The minimum atomic E-state index is -0.855. The van der Waals surface area contributed by atoms with Gasteiger partial charge in [0.25, 0.3) is 0 Å². The molecule has 1 saturated heterocycles.